The molecule has 2 nitrogen and oxygen atoms in total. The fourth-order valence-electron chi connectivity index (χ4n) is 11.3. The maximum atomic E-state index is 2.72. The molecule has 0 aliphatic carbocycles. The molecule has 0 bridgehead atoms. The molecule has 0 N–H and O–H groups in total. The van der Waals surface area contributed by atoms with Crippen molar-refractivity contribution in [3.05, 3.63) is 48.6 Å². The summed E-state index contributed by atoms with van der Waals surface area (Å²) in [6.07, 6.45) is 86.2. The van der Waals surface area contributed by atoms with E-state index in [1.807, 2.05) is 0 Å². The molecule has 4 unspecified atom stereocenters. The lowest BCUT2D eigenvalue weighted by Crippen LogP contribution is -2.37. The van der Waals surface area contributed by atoms with Gasteiger partial charge in [-0.15, -0.1) is 0 Å². The van der Waals surface area contributed by atoms with Crippen LogP contribution in [0, 0.1) is 17.8 Å². The van der Waals surface area contributed by atoms with Gasteiger partial charge in [0.2, 0.25) is 0 Å². The summed E-state index contributed by atoms with van der Waals surface area (Å²) >= 11 is 0. The second kappa shape index (κ2) is 58.1. The van der Waals surface area contributed by atoms with E-state index < -0.39 is 0 Å². The average Bonchev–Trinajstić information content (AvgIpc) is 3.36. The molecule has 0 aliphatic heterocycles. The van der Waals surface area contributed by atoms with Gasteiger partial charge in [-0.3, -0.25) is 0 Å². The Labute approximate surface area is 450 Å². The number of hydrogen-bond donors (Lipinski definition) is 0. The Morgan fingerprint density at radius 2 is 0.592 bits per heavy atom. The highest BCUT2D eigenvalue weighted by atomic mass is 15.1. The minimum Gasteiger partial charge on any atom is -0.309 e. The van der Waals surface area contributed by atoms with Gasteiger partial charge < -0.3 is 9.80 Å². The van der Waals surface area contributed by atoms with Gasteiger partial charge in [0.1, 0.15) is 0 Å². The maximum Gasteiger partial charge on any atom is 0.0120 e. The summed E-state index contributed by atoms with van der Waals surface area (Å²) in [5.41, 5.74) is 0. The first kappa shape index (κ1) is 69.9. The molecule has 0 aliphatic rings. The molecular weight excluding hydrogens is 857 g/mol. The largest absolute Gasteiger partial charge is 0.309 e. The Balaban J connectivity index is 5.30. The van der Waals surface area contributed by atoms with Crippen LogP contribution >= 0.6 is 0 Å². The van der Waals surface area contributed by atoms with Crippen LogP contribution in [0.2, 0.25) is 0 Å². The highest BCUT2D eigenvalue weighted by Gasteiger charge is 2.27. The minimum atomic E-state index is 0.739. The fourth-order valence-corrected chi connectivity index (χ4v) is 11.3. The van der Waals surface area contributed by atoms with E-state index in [2.05, 4.69) is 114 Å². The van der Waals surface area contributed by atoms with E-state index in [0.717, 1.165) is 36.6 Å². The second-order valence-corrected chi connectivity index (χ2v) is 23.7. The summed E-state index contributed by atoms with van der Waals surface area (Å²) in [5, 5.41) is 0. The number of nitrogens with zero attached hydrogens (tertiary/aromatic N) is 2. The van der Waals surface area contributed by atoms with E-state index in [-0.39, 0.29) is 0 Å². The molecule has 0 spiro atoms. The predicted octanol–water partition coefficient (Wildman–Crippen LogP) is 23.4. The van der Waals surface area contributed by atoms with Crippen molar-refractivity contribution in [1.29, 1.82) is 0 Å². The Morgan fingerprint density at radius 1 is 0.282 bits per heavy atom. The molecule has 0 amide bonds. The topological polar surface area (TPSA) is 6.48 Å². The standard InChI is InChI=1S/C69H134N2/c1-9-13-17-21-24-27-29-31-33-35-37-39-41-44-46-50-53-57-66(63-64-70(5)6)61-62-68(60-56-49-20-16-12-4)69(71(7)8)65-67(58-54-51-47-43-26-23-19-15-11-3)59-55-52-48-45-42-40-38-36-34-32-30-28-25-22-18-14-10-2/h24-25,27-28,31-34,66-69H,9-23,26,29-30,35-65H2,1-8H3/b27-24-,28-25-,33-31-,34-32-. The van der Waals surface area contributed by atoms with Crippen LogP contribution in [0.4, 0.5) is 0 Å². The third kappa shape index (κ3) is 52.1. The van der Waals surface area contributed by atoms with Crippen molar-refractivity contribution >= 4 is 0 Å². The summed E-state index contributed by atoms with van der Waals surface area (Å²) in [6.45, 7) is 10.5. The number of allylic oxidation sites excluding steroid dienone is 8. The smallest absolute Gasteiger partial charge is 0.0120 e. The van der Waals surface area contributed by atoms with Crippen molar-refractivity contribution < 1.29 is 0 Å². The maximum absolute atomic E-state index is 2.72. The van der Waals surface area contributed by atoms with E-state index in [1.165, 1.54) is 302 Å². The zero-order chi connectivity index (χ0) is 51.8. The third-order valence-corrected chi connectivity index (χ3v) is 16.2. The van der Waals surface area contributed by atoms with Crippen LogP contribution in [0.5, 0.6) is 0 Å². The molecule has 71 heavy (non-hydrogen) atoms. The monoisotopic (exact) mass is 991 g/mol. The number of rotatable bonds is 58. The molecule has 0 aromatic carbocycles. The molecule has 0 fully saturated rings. The summed E-state index contributed by atoms with van der Waals surface area (Å²) in [4.78, 5) is 5.17. The Morgan fingerprint density at radius 3 is 0.958 bits per heavy atom. The highest BCUT2D eigenvalue weighted by molar-refractivity contribution is 4.93. The lowest BCUT2D eigenvalue weighted by atomic mass is 9.78. The van der Waals surface area contributed by atoms with Crippen LogP contribution in [0.15, 0.2) is 48.6 Å². The molecular formula is C69H134N2. The Kier molecular flexibility index (Phi) is 57.2. The number of unbranched alkanes of at least 4 members (excludes halogenated alkanes) is 32. The Hall–Kier alpha value is -1.12. The van der Waals surface area contributed by atoms with E-state index in [0.29, 0.717) is 0 Å². The third-order valence-electron chi connectivity index (χ3n) is 16.2. The second-order valence-electron chi connectivity index (χ2n) is 23.7. The van der Waals surface area contributed by atoms with Gasteiger partial charge in [0.05, 0.1) is 0 Å². The lowest BCUT2D eigenvalue weighted by Gasteiger charge is -2.36. The van der Waals surface area contributed by atoms with Crippen LogP contribution in [0.1, 0.15) is 336 Å². The lowest BCUT2D eigenvalue weighted by molar-refractivity contribution is 0.140. The summed E-state index contributed by atoms with van der Waals surface area (Å²) in [5.74, 6) is 2.64. The molecule has 2 heteroatoms. The SMILES string of the molecule is CCCCC/C=C\C/C=C\CCCCCCCCCC(CCC(CCCCCCC)C(CC(CCCCCCCCC/C=C\C/C=C\CCCCC)CCCCCCCCCCC)N(C)C)CCN(C)C. The van der Waals surface area contributed by atoms with Gasteiger partial charge in [-0.05, 0) is 142 Å². The van der Waals surface area contributed by atoms with Crippen LogP contribution in [0.3, 0.4) is 0 Å². The van der Waals surface area contributed by atoms with Gasteiger partial charge in [0.15, 0.2) is 0 Å². The number of hydrogen-bond acceptors (Lipinski definition) is 2. The van der Waals surface area contributed by atoms with Crippen LogP contribution in [0.25, 0.3) is 0 Å². The van der Waals surface area contributed by atoms with E-state index in [9.17, 15) is 0 Å². The fraction of sp³-hybridized carbons (Fsp3) is 0.884. The molecule has 420 valence electrons. The van der Waals surface area contributed by atoms with E-state index in [1.54, 1.807) is 0 Å². The molecule has 0 saturated carbocycles. The van der Waals surface area contributed by atoms with Gasteiger partial charge in [0, 0.05) is 6.04 Å². The zero-order valence-electron chi connectivity index (χ0n) is 50.5. The van der Waals surface area contributed by atoms with Gasteiger partial charge in [-0.1, -0.05) is 295 Å². The predicted molar refractivity (Wildman–Crippen MR) is 327 cm³/mol. The quantitative estimate of drug-likeness (QED) is 0.0443. The first-order valence-corrected chi connectivity index (χ1v) is 32.8. The van der Waals surface area contributed by atoms with Crippen molar-refractivity contribution in [2.24, 2.45) is 17.8 Å². The summed E-state index contributed by atoms with van der Waals surface area (Å²) in [6, 6.07) is 0.739. The van der Waals surface area contributed by atoms with Crippen molar-refractivity contribution in [2.45, 2.75) is 342 Å². The molecule has 0 radical (unpaired) electrons. The highest BCUT2D eigenvalue weighted by Crippen LogP contribution is 2.34. The van der Waals surface area contributed by atoms with E-state index >= 15 is 0 Å². The van der Waals surface area contributed by atoms with Gasteiger partial charge in [0.25, 0.3) is 0 Å². The van der Waals surface area contributed by atoms with Crippen molar-refractivity contribution in [3.63, 3.8) is 0 Å². The summed E-state index contributed by atoms with van der Waals surface area (Å²) in [7, 11) is 9.51. The minimum absolute atomic E-state index is 0.739. The molecule has 4 atom stereocenters. The molecule has 0 aromatic heterocycles. The zero-order valence-corrected chi connectivity index (χ0v) is 50.5. The molecule has 0 aromatic rings. The van der Waals surface area contributed by atoms with Gasteiger partial charge in [-0.25, -0.2) is 0 Å². The van der Waals surface area contributed by atoms with Crippen LogP contribution < -0.4 is 0 Å². The van der Waals surface area contributed by atoms with Gasteiger partial charge >= 0.3 is 0 Å². The normalized spacial score (nSPS) is 14.2. The van der Waals surface area contributed by atoms with Crippen molar-refractivity contribution in [1.82, 2.24) is 9.80 Å². The summed E-state index contributed by atoms with van der Waals surface area (Å²) < 4.78 is 0. The van der Waals surface area contributed by atoms with Crippen LogP contribution in [-0.2, 0) is 0 Å². The first-order valence-electron chi connectivity index (χ1n) is 32.8. The Bertz CT molecular complexity index is 1110. The van der Waals surface area contributed by atoms with Crippen LogP contribution in [-0.4, -0.2) is 50.6 Å². The average molecular weight is 992 g/mol. The molecule has 0 saturated heterocycles. The molecule has 0 rings (SSSR count). The molecule has 0 heterocycles. The van der Waals surface area contributed by atoms with Crippen molar-refractivity contribution in [2.75, 3.05) is 34.7 Å². The van der Waals surface area contributed by atoms with E-state index in [4.69, 9.17) is 0 Å². The van der Waals surface area contributed by atoms with Crippen molar-refractivity contribution in [3.8, 4) is 0 Å². The first-order chi connectivity index (χ1) is 34.9. The van der Waals surface area contributed by atoms with Gasteiger partial charge in [-0.2, -0.15) is 0 Å².